The van der Waals surface area contributed by atoms with Crippen molar-refractivity contribution in [1.82, 2.24) is 5.32 Å². The number of thiocarbonyl (C=S) groups is 1. The molecule has 0 saturated carbocycles. The van der Waals surface area contributed by atoms with Gasteiger partial charge in [0.05, 0.1) is 10.7 Å². The van der Waals surface area contributed by atoms with Gasteiger partial charge in [0.25, 0.3) is 11.8 Å². The minimum atomic E-state index is -0.585. The van der Waals surface area contributed by atoms with Crippen LogP contribution in [0.2, 0.25) is 10.0 Å². The number of furan rings is 1. The van der Waals surface area contributed by atoms with Gasteiger partial charge in [-0.05, 0) is 74.1 Å². The summed E-state index contributed by atoms with van der Waals surface area (Å²) in [7, 11) is 0. The second-order valence-corrected chi connectivity index (χ2v) is 8.30. The van der Waals surface area contributed by atoms with Crippen molar-refractivity contribution >= 4 is 64.1 Å². The quantitative estimate of drug-likeness (QED) is 0.302. The second-order valence-electron chi connectivity index (χ2n) is 7.07. The Hall–Kier alpha value is -2.93. The summed E-state index contributed by atoms with van der Waals surface area (Å²) in [6, 6.07) is 14.0. The highest BCUT2D eigenvalue weighted by Gasteiger charge is 2.35. The lowest BCUT2D eigenvalue weighted by molar-refractivity contribution is -0.122. The molecule has 1 aliphatic rings. The Morgan fingerprint density at radius 2 is 1.81 bits per heavy atom. The molecule has 2 aromatic carbocycles. The molecule has 0 aliphatic carbocycles. The van der Waals surface area contributed by atoms with Crippen LogP contribution < -0.4 is 10.2 Å². The molecule has 2 heterocycles. The molecule has 8 heteroatoms. The van der Waals surface area contributed by atoms with Crippen LogP contribution in [0.3, 0.4) is 0 Å². The topological polar surface area (TPSA) is 62.6 Å². The summed E-state index contributed by atoms with van der Waals surface area (Å²) in [5.74, 6) is -0.298. The molecule has 3 aromatic rings. The van der Waals surface area contributed by atoms with Crippen LogP contribution in [-0.2, 0) is 9.59 Å². The van der Waals surface area contributed by atoms with Gasteiger partial charge < -0.3 is 4.42 Å². The first-order valence-corrected chi connectivity index (χ1v) is 10.4. The highest BCUT2D eigenvalue weighted by atomic mass is 35.5. The van der Waals surface area contributed by atoms with E-state index in [4.69, 9.17) is 39.8 Å². The molecule has 31 heavy (non-hydrogen) atoms. The number of hydrogen-bond donors (Lipinski definition) is 1. The summed E-state index contributed by atoms with van der Waals surface area (Å²) >= 11 is 17.4. The Bertz CT molecular complexity index is 1280. The van der Waals surface area contributed by atoms with Gasteiger partial charge in [0.15, 0.2) is 5.11 Å². The van der Waals surface area contributed by atoms with Crippen LogP contribution in [0.4, 0.5) is 5.69 Å². The molecule has 5 nitrogen and oxygen atoms in total. The lowest BCUT2D eigenvalue weighted by Gasteiger charge is -2.30. The van der Waals surface area contributed by atoms with E-state index in [9.17, 15) is 9.59 Å². The third kappa shape index (κ3) is 4.14. The molecule has 0 bridgehead atoms. The van der Waals surface area contributed by atoms with E-state index >= 15 is 0 Å². The fourth-order valence-corrected chi connectivity index (χ4v) is 4.11. The molecule has 1 fully saturated rings. The maximum atomic E-state index is 13.2. The van der Waals surface area contributed by atoms with Crippen LogP contribution in [0.1, 0.15) is 16.9 Å². The minimum absolute atomic E-state index is 0.0344. The van der Waals surface area contributed by atoms with E-state index in [0.717, 1.165) is 11.1 Å². The summed E-state index contributed by atoms with van der Waals surface area (Å²) in [6.07, 6.45) is 1.39. The van der Waals surface area contributed by atoms with E-state index < -0.39 is 11.8 Å². The number of nitrogens with zero attached hydrogens (tertiary/aromatic N) is 1. The largest absolute Gasteiger partial charge is 0.457 e. The number of aryl methyl sites for hydroxylation is 2. The highest BCUT2D eigenvalue weighted by Crippen LogP contribution is 2.32. The van der Waals surface area contributed by atoms with E-state index in [-0.39, 0.29) is 10.7 Å². The predicted octanol–water partition coefficient (Wildman–Crippen LogP) is 5.70. The van der Waals surface area contributed by atoms with Crippen LogP contribution >= 0.6 is 35.4 Å². The fourth-order valence-electron chi connectivity index (χ4n) is 3.34. The number of benzene rings is 2. The Kier molecular flexibility index (Phi) is 5.71. The standard InChI is InChI=1S/C23H16Cl2N2O3S/c1-12-3-7-19(13(2)9-12)27-22(29)17(21(28)26-23(27)31)11-15-5-8-20(30-15)16-6-4-14(24)10-18(16)25/h3-11H,1-2H3,(H,26,28,31)/b17-11-. The summed E-state index contributed by atoms with van der Waals surface area (Å²) < 4.78 is 5.81. The lowest BCUT2D eigenvalue weighted by atomic mass is 10.1. The van der Waals surface area contributed by atoms with Crippen molar-refractivity contribution in [2.75, 3.05) is 4.90 Å². The van der Waals surface area contributed by atoms with Crippen LogP contribution in [0.5, 0.6) is 0 Å². The van der Waals surface area contributed by atoms with E-state index in [2.05, 4.69) is 5.32 Å². The third-order valence-electron chi connectivity index (χ3n) is 4.80. The maximum absolute atomic E-state index is 13.2. The number of rotatable bonds is 3. The molecule has 0 spiro atoms. The lowest BCUT2D eigenvalue weighted by Crippen LogP contribution is -2.54. The molecule has 2 amide bonds. The molecule has 0 radical (unpaired) electrons. The summed E-state index contributed by atoms with van der Waals surface area (Å²) in [5, 5.41) is 3.55. The van der Waals surface area contributed by atoms with E-state index in [1.165, 1.54) is 11.0 Å². The van der Waals surface area contributed by atoms with Crippen molar-refractivity contribution in [3.05, 3.63) is 81.0 Å². The molecule has 1 aromatic heterocycles. The number of carbonyl (C=O) groups excluding carboxylic acids is 2. The normalized spacial score (nSPS) is 15.5. The van der Waals surface area contributed by atoms with Crippen molar-refractivity contribution in [3.8, 4) is 11.3 Å². The SMILES string of the molecule is Cc1ccc(N2C(=O)/C(=C\c3ccc(-c4ccc(Cl)cc4Cl)o3)C(=O)NC2=S)c(C)c1. The zero-order chi connectivity index (χ0) is 22.3. The van der Waals surface area contributed by atoms with Gasteiger partial charge in [-0.25, -0.2) is 0 Å². The van der Waals surface area contributed by atoms with Gasteiger partial charge in [-0.1, -0.05) is 40.9 Å². The zero-order valence-corrected chi connectivity index (χ0v) is 18.9. The molecule has 1 aliphatic heterocycles. The van der Waals surface area contributed by atoms with Gasteiger partial charge in [-0.3, -0.25) is 19.8 Å². The van der Waals surface area contributed by atoms with Gasteiger partial charge in [-0.2, -0.15) is 0 Å². The summed E-state index contributed by atoms with van der Waals surface area (Å²) in [6.45, 7) is 3.84. The molecule has 4 rings (SSSR count). The second kappa shape index (κ2) is 8.30. The number of hydrogen-bond acceptors (Lipinski definition) is 4. The first kappa shape index (κ1) is 21.3. The smallest absolute Gasteiger partial charge is 0.270 e. The maximum Gasteiger partial charge on any atom is 0.270 e. The van der Waals surface area contributed by atoms with Gasteiger partial charge in [0, 0.05) is 10.6 Å². The molecule has 0 unspecified atom stereocenters. The first-order valence-electron chi connectivity index (χ1n) is 9.28. The zero-order valence-electron chi connectivity index (χ0n) is 16.5. The molecule has 156 valence electrons. The predicted molar refractivity (Wildman–Crippen MR) is 126 cm³/mol. The highest BCUT2D eigenvalue weighted by molar-refractivity contribution is 7.80. The number of halogens is 2. The van der Waals surface area contributed by atoms with Crippen molar-refractivity contribution in [2.45, 2.75) is 13.8 Å². The van der Waals surface area contributed by atoms with E-state index in [1.54, 1.807) is 36.4 Å². The van der Waals surface area contributed by atoms with Gasteiger partial charge in [-0.15, -0.1) is 0 Å². The Morgan fingerprint density at radius 1 is 1.03 bits per heavy atom. The molecule has 1 N–H and O–H groups in total. The average Bonchev–Trinajstić information content (AvgIpc) is 3.15. The number of amides is 2. The molecule has 0 atom stereocenters. The molecular formula is C23H16Cl2N2O3S. The Balaban J connectivity index is 1.70. The third-order valence-corrected chi connectivity index (χ3v) is 5.64. The number of carbonyl (C=O) groups is 2. The van der Waals surface area contributed by atoms with Crippen molar-refractivity contribution in [3.63, 3.8) is 0 Å². The van der Waals surface area contributed by atoms with Crippen molar-refractivity contribution in [2.24, 2.45) is 0 Å². The van der Waals surface area contributed by atoms with Crippen molar-refractivity contribution in [1.29, 1.82) is 0 Å². The van der Waals surface area contributed by atoms with Gasteiger partial charge in [0.2, 0.25) is 0 Å². The summed E-state index contributed by atoms with van der Waals surface area (Å²) in [4.78, 5) is 27.0. The number of nitrogens with one attached hydrogen (secondary N) is 1. The van der Waals surface area contributed by atoms with E-state index in [0.29, 0.717) is 32.8 Å². The van der Waals surface area contributed by atoms with Crippen LogP contribution in [-0.4, -0.2) is 16.9 Å². The summed E-state index contributed by atoms with van der Waals surface area (Å²) in [5.41, 5.74) is 3.09. The Labute approximate surface area is 194 Å². The average molecular weight is 471 g/mol. The van der Waals surface area contributed by atoms with Crippen LogP contribution in [0, 0.1) is 13.8 Å². The van der Waals surface area contributed by atoms with E-state index in [1.807, 2.05) is 26.0 Å². The monoisotopic (exact) mass is 470 g/mol. The van der Waals surface area contributed by atoms with Crippen LogP contribution in [0.15, 0.2) is 58.5 Å². The Morgan fingerprint density at radius 3 is 2.52 bits per heavy atom. The van der Waals surface area contributed by atoms with Crippen molar-refractivity contribution < 1.29 is 14.0 Å². The molecular weight excluding hydrogens is 455 g/mol. The first-order chi connectivity index (χ1) is 14.7. The fraction of sp³-hybridized carbons (Fsp3) is 0.0870. The van der Waals surface area contributed by atoms with Gasteiger partial charge >= 0.3 is 0 Å². The van der Waals surface area contributed by atoms with Gasteiger partial charge in [0.1, 0.15) is 17.1 Å². The minimum Gasteiger partial charge on any atom is -0.457 e. The number of anilines is 1. The van der Waals surface area contributed by atoms with Crippen LogP contribution in [0.25, 0.3) is 17.4 Å². The molecule has 1 saturated heterocycles.